The van der Waals surface area contributed by atoms with Gasteiger partial charge in [-0.1, -0.05) is 0 Å². The lowest BCUT2D eigenvalue weighted by Gasteiger charge is -2.23. The van der Waals surface area contributed by atoms with Crippen molar-refractivity contribution in [2.75, 3.05) is 34.0 Å². The molecule has 0 aliphatic heterocycles. The Kier molecular flexibility index (Phi) is 7.29. The summed E-state index contributed by atoms with van der Waals surface area (Å²) in [7, 11) is 3.28. The minimum atomic E-state index is -0.902. The van der Waals surface area contributed by atoms with Crippen molar-refractivity contribution in [1.29, 1.82) is 0 Å². The zero-order chi connectivity index (χ0) is 11.7. The predicted molar refractivity (Wildman–Crippen MR) is 57.0 cm³/mol. The van der Waals surface area contributed by atoms with Crippen LogP contribution in [0.15, 0.2) is 0 Å². The van der Waals surface area contributed by atoms with Crippen LogP contribution in [0, 0.1) is 0 Å². The highest BCUT2D eigenvalue weighted by molar-refractivity contribution is 5.78. The van der Waals surface area contributed by atoms with Crippen LogP contribution in [0.25, 0.3) is 0 Å². The number of methoxy groups -OCH3 is 1. The average molecular weight is 219 g/mol. The number of aliphatic carboxylic acids is 1. The maximum Gasteiger partial charge on any atom is 0.323 e. The molecule has 0 aromatic rings. The summed E-state index contributed by atoms with van der Waals surface area (Å²) in [5.41, 5.74) is -0.902. The summed E-state index contributed by atoms with van der Waals surface area (Å²) in [6.07, 6.45) is 1.28. The maximum atomic E-state index is 10.9. The Labute approximate surface area is 90.8 Å². The Bertz CT molecular complexity index is 186. The van der Waals surface area contributed by atoms with Gasteiger partial charge in [0.2, 0.25) is 0 Å². The van der Waals surface area contributed by atoms with Gasteiger partial charge in [-0.05, 0) is 26.8 Å². The van der Waals surface area contributed by atoms with Crippen LogP contribution in [0.2, 0.25) is 0 Å². The highest BCUT2D eigenvalue weighted by atomic mass is 16.5. The van der Waals surface area contributed by atoms with Crippen molar-refractivity contribution in [3.63, 3.8) is 0 Å². The SMILES string of the molecule is CNC(C)(CCOCCCOC)C(=O)O. The molecule has 0 rings (SSSR count). The molecule has 0 saturated heterocycles. The molecule has 0 fully saturated rings. The third-order valence-electron chi connectivity index (χ3n) is 2.41. The number of carboxylic acids is 1. The Morgan fingerprint density at radius 1 is 1.40 bits per heavy atom. The second-order valence-electron chi connectivity index (χ2n) is 3.60. The highest BCUT2D eigenvalue weighted by Gasteiger charge is 2.30. The highest BCUT2D eigenvalue weighted by Crippen LogP contribution is 2.09. The molecule has 1 atom stereocenters. The quantitative estimate of drug-likeness (QED) is 0.552. The zero-order valence-corrected chi connectivity index (χ0v) is 9.71. The van der Waals surface area contributed by atoms with Crippen LogP contribution in [-0.2, 0) is 14.3 Å². The minimum Gasteiger partial charge on any atom is -0.480 e. The third kappa shape index (κ3) is 5.71. The summed E-state index contributed by atoms with van der Waals surface area (Å²) in [5, 5.41) is 11.7. The van der Waals surface area contributed by atoms with E-state index in [0.717, 1.165) is 6.42 Å². The molecule has 90 valence electrons. The molecule has 5 heteroatoms. The monoisotopic (exact) mass is 219 g/mol. The summed E-state index contributed by atoms with van der Waals surface area (Å²) in [4.78, 5) is 10.9. The molecule has 0 radical (unpaired) electrons. The molecule has 5 nitrogen and oxygen atoms in total. The van der Waals surface area contributed by atoms with Gasteiger partial charge in [0.1, 0.15) is 5.54 Å². The van der Waals surface area contributed by atoms with Crippen LogP contribution in [0.4, 0.5) is 0 Å². The van der Waals surface area contributed by atoms with Gasteiger partial charge in [0.05, 0.1) is 0 Å². The van der Waals surface area contributed by atoms with Crippen LogP contribution in [0.5, 0.6) is 0 Å². The molecule has 2 N–H and O–H groups in total. The standard InChI is InChI=1S/C10H21NO4/c1-10(11-2,9(12)13)5-8-15-7-4-6-14-3/h11H,4-8H2,1-3H3,(H,12,13). The van der Waals surface area contributed by atoms with Crippen molar-refractivity contribution in [3.8, 4) is 0 Å². The van der Waals surface area contributed by atoms with Gasteiger partial charge in [0, 0.05) is 26.9 Å². The van der Waals surface area contributed by atoms with Crippen molar-refractivity contribution < 1.29 is 19.4 Å². The van der Waals surface area contributed by atoms with Crippen molar-refractivity contribution in [1.82, 2.24) is 5.32 Å². The topological polar surface area (TPSA) is 67.8 Å². The smallest absolute Gasteiger partial charge is 0.323 e. The molecular weight excluding hydrogens is 198 g/mol. The second-order valence-corrected chi connectivity index (χ2v) is 3.60. The summed E-state index contributed by atoms with van der Waals surface area (Å²) in [6, 6.07) is 0. The van der Waals surface area contributed by atoms with Gasteiger partial charge >= 0.3 is 5.97 Å². The number of nitrogens with one attached hydrogen (secondary N) is 1. The van der Waals surface area contributed by atoms with Crippen molar-refractivity contribution in [2.45, 2.75) is 25.3 Å². The molecule has 0 saturated carbocycles. The largest absolute Gasteiger partial charge is 0.480 e. The fourth-order valence-corrected chi connectivity index (χ4v) is 1.02. The van der Waals surface area contributed by atoms with Crippen LogP contribution in [-0.4, -0.2) is 50.6 Å². The number of hydrogen-bond acceptors (Lipinski definition) is 4. The number of ether oxygens (including phenoxy) is 2. The van der Waals surface area contributed by atoms with E-state index in [2.05, 4.69) is 5.32 Å². The number of hydrogen-bond donors (Lipinski definition) is 2. The van der Waals surface area contributed by atoms with Crippen LogP contribution >= 0.6 is 0 Å². The van der Waals surface area contributed by atoms with E-state index in [9.17, 15) is 4.79 Å². The summed E-state index contributed by atoms with van der Waals surface area (Å²) < 4.78 is 10.2. The molecular formula is C10H21NO4. The summed E-state index contributed by atoms with van der Waals surface area (Å²) in [5.74, 6) is -0.856. The van der Waals surface area contributed by atoms with Gasteiger partial charge in [-0.2, -0.15) is 0 Å². The number of carboxylic acid groups (broad SMARTS) is 1. The third-order valence-corrected chi connectivity index (χ3v) is 2.41. The Hall–Kier alpha value is -0.650. The van der Waals surface area contributed by atoms with Gasteiger partial charge in [-0.3, -0.25) is 4.79 Å². The van der Waals surface area contributed by atoms with E-state index >= 15 is 0 Å². The molecule has 1 unspecified atom stereocenters. The van der Waals surface area contributed by atoms with Gasteiger partial charge in [-0.25, -0.2) is 0 Å². The van der Waals surface area contributed by atoms with E-state index in [-0.39, 0.29) is 0 Å². The second kappa shape index (κ2) is 7.62. The van der Waals surface area contributed by atoms with Crippen molar-refractivity contribution in [2.24, 2.45) is 0 Å². The molecule has 0 aromatic carbocycles. The van der Waals surface area contributed by atoms with E-state index in [1.54, 1.807) is 21.1 Å². The van der Waals surface area contributed by atoms with E-state index in [4.69, 9.17) is 14.6 Å². The Morgan fingerprint density at radius 2 is 2.07 bits per heavy atom. The summed E-state index contributed by atoms with van der Waals surface area (Å²) >= 11 is 0. The van der Waals surface area contributed by atoms with Crippen LogP contribution in [0.1, 0.15) is 19.8 Å². The first-order valence-electron chi connectivity index (χ1n) is 5.06. The van der Waals surface area contributed by atoms with Gasteiger partial charge in [0.25, 0.3) is 0 Å². The zero-order valence-electron chi connectivity index (χ0n) is 9.71. The lowest BCUT2D eigenvalue weighted by atomic mass is 9.99. The van der Waals surface area contributed by atoms with Crippen molar-refractivity contribution in [3.05, 3.63) is 0 Å². The molecule has 0 spiro atoms. The van der Waals surface area contributed by atoms with Crippen LogP contribution < -0.4 is 5.32 Å². The Balaban J connectivity index is 3.60. The number of rotatable bonds is 9. The van der Waals surface area contributed by atoms with Crippen LogP contribution in [0.3, 0.4) is 0 Å². The van der Waals surface area contributed by atoms with E-state index < -0.39 is 11.5 Å². The van der Waals surface area contributed by atoms with E-state index in [1.807, 2.05) is 0 Å². The number of carbonyl (C=O) groups is 1. The molecule has 0 amide bonds. The Morgan fingerprint density at radius 3 is 2.53 bits per heavy atom. The number of likely N-dealkylation sites (N-methyl/N-ethyl adjacent to an activating group) is 1. The first kappa shape index (κ1) is 14.3. The van der Waals surface area contributed by atoms with Gasteiger partial charge in [-0.15, -0.1) is 0 Å². The molecule has 0 aliphatic carbocycles. The maximum absolute atomic E-state index is 10.9. The first-order chi connectivity index (χ1) is 7.06. The normalized spacial score (nSPS) is 14.9. The molecule has 0 aliphatic rings. The summed E-state index contributed by atoms with van der Waals surface area (Å²) in [6.45, 7) is 3.36. The predicted octanol–water partition coefficient (Wildman–Crippen LogP) is 0.492. The van der Waals surface area contributed by atoms with Gasteiger partial charge < -0.3 is 19.9 Å². The minimum absolute atomic E-state index is 0.438. The first-order valence-corrected chi connectivity index (χ1v) is 5.06. The molecule has 15 heavy (non-hydrogen) atoms. The average Bonchev–Trinajstić information content (AvgIpc) is 2.22. The molecule has 0 heterocycles. The lowest BCUT2D eigenvalue weighted by Crippen LogP contribution is -2.48. The van der Waals surface area contributed by atoms with E-state index in [0.29, 0.717) is 26.2 Å². The van der Waals surface area contributed by atoms with E-state index in [1.165, 1.54) is 0 Å². The van der Waals surface area contributed by atoms with Crippen molar-refractivity contribution >= 4 is 5.97 Å². The fourth-order valence-electron chi connectivity index (χ4n) is 1.02. The molecule has 0 bridgehead atoms. The lowest BCUT2D eigenvalue weighted by molar-refractivity contribution is -0.144. The fraction of sp³-hybridized carbons (Fsp3) is 0.900. The van der Waals surface area contributed by atoms with Gasteiger partial charge in [0.15, 0.2) is 0 Å². The molecule has 0 aromatic heterocycles.